The zero-order valence-corrected chi connectivity index (χ0v) is 6.95. The van der Waals surface area contributed by atoms with Crippen molar-refractivity contribution in [1.82, 2.24) is 0 Å². The summed E-state index contributed by atoms with van der Waals surface area (Å²) in [5.41, 5.74) is -3.28. The number of halogens is 3. The first-order valence-corrected chi connectivity index (χ1v) is 4.32. The van der Waals surface area contributed by atoms with Crippen LogP contribution in [0.3, 0.4) is 0 Å². The molecule has 66 valence electrons. The van der Waals surface area contributed by atoms with Gasteiger partial charge in [-0.15, -0.1) is 0 Å². The Morgan fingerprint density at radius 1 is 1.25 bits per heavy atom. The Hall–Kier alpha value is -0.640. The fraction of sp³-hybridized carbons (Fsp3) is 0.250. The molecule has 0 atom stereocenters. The van der Waals surface area contributed by atoms with Crippen LogP contribution in [0.15, 0.2) is 36.0 Å². The first-order chi connectivity index (χ1) is 5.58. The third-order valence-electron chi connectivity index (χ3n) is 1.25. The highest BCUT2D eigenvalue weighted by Crippen LogP contribution is 2.30. The summed E-state index contributed by atoms with van der Waals surface area (Å²) in [6.07, 6.45) is 8.69. The summed E-state index contributed by atoms with van der Waals surface area (Å²) in [6, 6.07) is 0. The van der Waals surface area contributed by atoms with E-state index in [1.807, 2.05) is 0 Å². The lowest BCUT2D eigenvalue weighted by atomic mass is 10.3. The minimum Gasteiger partial charge on any atom is -0.160 e. The fourth-order valence-electron chi connectivity index (χ4n) is 0.757. The van der Waals surface area contributed by atoms with E-state index in [2.05, 4.69) is 0 Å². The molecule has 0 radical (unpaired) electrons. The standard InChI is InChI=1S/C8H7F3S/c9-8(10,11)12-6-5-7-3-1-2-4-7/h1-5H,6H2. The molecular weight excluding hydrogens is 185 g/mol. The van der Waals surface area contributed by atoms with Crippen LogP contribution in [0.25, 0.3) is 0 Å². The number of thioether (sulfide) groups is 1. The van der Waals surface area contributed by atoms with E-state index in [9.17, 15) is 13.2 Å². The third kappa shape index (κ3) is 3.67. The highest BCUT2D eigenvalue weighted by molar-refractivity contribution is 8.00. The van der Waals surface area contributed by atoms with Gasteiger partial charge < -0.3 is 0 Å². The van der Waals surface area contributed by atoms with Crippen LogP contribution in [-0.4, -0.2) is 11.3 Å². The molecule has 1 aliphatic rings. The molecule has 0 heterocycles. The summed E-state index contributed by atoms with van der Waals surface area (Å²) in [7, 11) is 0. The first kappa shape index (κ1) is 9.45. The molecule has 0 N–H and O–H groups in total. The average molecular weight is 192 g/mol. The van der Waals surface area contributed by atoms with Crippen molar-refractivity contribution >= 4 is 11.8 Å². The Morgan fingerprint density at radius 2 is 1.83 bits per heavy atom. The van der Waals surface area contributed by atoms with E-state index in [4.69, 9.17) is 0 Å². The minimum absolute atomic E-state index is 0.0203. The van der Waals surface area contributed by atoms with Gasteiger partial charge in [0.05, 0.1) is 0 Å². The SMILES string of the molecule is FC(F)(F)SCC=C1C=CC=C1. The van der Waals surface area contributed by atoms with E-state index < -0.39 is 5.51 Å². The molecule has 0 saturated carbocycles. The van der Waals surface area contributed by atoms with Crippen molar-refractivity contribution in [3.05, 3.63) is 36.0 Å². The van der Waals surface area contributed by atoms with E-state index in [1.165, 1.54) is 0 Å². The van der Waals surface area contributed by atoms with Crippen LogP contribution in [0.2, 0.25) is 0 Å². The molecular formula is C8H7F3S. The third-order valence-corrected chi connectivity index (χ3v) is 1.92. The Balaban J connectivity index is 2.30. The lowest BCUT2D eigenvalue weighted by Gasteiger charge is -2.01. The average Bonchev–Trinajstić information content (AvgIpc) is 2.36. The molecule has 0 unspecified atom stereocenters. The van der Waals surface area contributed by atoms with Gasteiger partial charge in [-0.05, 0) is 17.3 Å². The Labute approximate surface area is 72.8 Å². The monoisotopic (exact) mass is 192 g/mol. The van der Waals surface area contributed by atoms with Gasteiger partial charge in [0.1, 0.15) is 0 Å². The number of alkyl halides is 3. The van der Waals surface area contributed by atoms with Gasteiger partial charge in [-0.25, -0.2) is 0 Å². The van der Waals surface area contributed by atoms with Crippen molar-refractivity contribution in [2.75, 3.05) is 5.75 Å². The van der Waals surface area contributed by atoms with E-state index in [1.54, 1.807) is 30.4 Å². The molecule has 0 saturated heterocycles. The summed E-state index contributed by atoms with van der Waals surface area (Å²) in [5, 5.41) is 0. The largest absolute Gasteiger partial charge is 0.442 e. The smallest absolute Gasteiger partial charge is 0.160 e. The number of hydrogen-bond acceptors (Lipinski definition) is 1. The Kier molecular flexibility index (Phi) is 3.03. The van der Waals surface area contributed by atoms with Crippen LogP contribution in [0.4, 0.5) is 13.2 Å². The predicted octanol–water partition coefficient (Wildman–Crippen LogP) is 3.29. The zero-order valence-electron chi connectivity index (χ0n) is 6.14. The van der Waals surface area contributed by atoms with Crippen LogP contribution in [0.1, 0.15) is 0 Å². The second-order valence-electron chi connectivity index (χ2n) is 2.18. The zero-order chi connectivity index (χ0) is 9.03. The number of allylic oxidation sites excluding steroid dienone is 5. The molecule has 4 heteroatoms. The molecule has 0 aromatic heterocycles. The van der Waals surface area contributed by atoms with Crippen molar-refractivity contribution in [3.63, 3.8) is 0 Å². The predicted molar refractivity (Wildman–Crippen MR) is 44.9 cm³/mol. The topological polar surface area (TPSA) is 0 Å². The first-order valence-electron chi connectivity index (χ1n) is 3.33. The number of rotatable bonds is 2. The van der Waals surface area contributed by atoms with Crippen molar-refractivity contribution in [2.45, 2.75) is 5.51 Å². The summed E-state index contributed by atoms with van der Waals surface area (Å²) in [6.45, 7) is 0. The van der Waals surface area contributed by atoms with Crippen molar-refractivity contribution in [1.29, 1.82) is 0 Å². The summed E-state index contributed by atoms with van der Waals surface area (Å²) in [4.78, 5) is 0. The van der Waals surface area contributed by atoms with Crippen molar-refractivity contribution in [3.8, 4) is 0 Å². The lowest BCUT2D eigenvalue weighted by molar-refractivity contribution is -0.0326. The molecule has 0 bridgehead atoms. The molecule has 0 spiro atoms. The van der Waals surface area contributed by atoms with Crippen LogP contribution in [-0.2, 0) is 0 Å². The minimum atomic E-state index is -4.12. The Bertz CT molecular complexity index is 221. The maximum atomic E-state index is 11.6. The summed E-state index contributed by atoms with van der Waals surface area (Å²) in [5.74, 6) is -0.0203. The van der Waals surface area contributed by atoms with E-state index in [-0.39, 0.29) is 17.5 Å². The highest BCUT2D eigenvalue weighted by atomic mass is 32.2. The molecule has 0 nitrogen and oxygen atoms in total. The van der Waals surface area contributed by atoms with Gasteiger partial charge in [-0.3, -0.25) is 0 Å². The summed E-state index contributed by atoms with van der Waals surface area (Å²) < 4.78 is 34.9. The molecule has 0 amide bonds. The van der Waals surface area contributed by atoms with Crippen LogP contribution in [0, 0.1) is 0 Å². The van der Waals surface area contributed by atoms with Crippen LogP contribution < -0.4 is 0 Å². The van der Waals surface area contributed by atoms with Gasteiger partial charge in [-0.1, -0.05) is 30.4 Å². The van der Waals surface area contributed by atoms with E-state index in [0.29, 0.717) is 0 Å². The van der Waals surface area contributed by atoms with Gasteiger partial charge >= 0.3 is 5.51 Å². The van der Waals surface area contributed by atoms with E-state index in [0.717, 1.165) is 5.57 Å². The fourth-order valence-corrected chi connectivity index (χ4v) is 1.22. The van der Waals surface area contributed by atoms with E-state index >= 15 is 0 Å². The molecule has 1 rings (SSSR count). The molecule has 0 fully saturated rings. The molecule has 12 heavy (non-hydrogen) atoms. The molecule has 0 aromatic carbocycles. The summed E-state index contributed by atoms with van der Waals surface area (Å²) >= 11 is -0.0237. The van der Waals surface area contributed by atoms with Gasteiger partial charge in [0.25, 0.3) is 0 Å². The second-order valence-corrected chi connectivity index (χ2v) is 3.26. The van der Waals surface area contributed by atoms with Crippen molar-refractivity contribution in [2.24, 2.45) is 0 Å². The van der Waals surface area contributed by atoms with Crippen LogP contribution >= 0.6 is 11.8 Å². The highest BCUT2D eigenvalue weighted by Gasteiger charge is 2.26. The van der Waals surface area contributed by atoms with Gasteiger partial charge in [0.15, 0.2) is 0 Å². The quantitative estimate of drug-likeness (QED) is 0.646. The van der Waals surface area contributed by atoms with Gasteiger partial charge in [0.2, 0.25) is 0 Å². The number of hydrogen-bond donors (Lipinski definition) is 0. The second kappa shape index (κ2) is 3.85. The maximum absolute atomic E-state index is 11.6. The molecule has 0 aromatic rings. The normalized spacial score (nSPS) is 15.8. The van der Waals surface area contributed by atoms with Gasteiger partial charge in [0, 0.05) is 5.75 Å². The van der Waals surface area contributed by atoms with Gasteiger partial charge in [-0.2, -0.15) is 13.2 Å². The molecule has 0 aliphatic heterocycles. The molecule has 1 aliphatic carbocycles. The maximum Gasteiger partial charge on any atom is 0.442 e. The lowest BCUT2D eigenvalue weighted by Crippen LogP contribution is -2.00. The Morgan fingerprint density at radius 3 is 2.33 bits per heavy atom. The van der Waals surface area contributed by atoms with Crippen molar-refractivity contribution < 1.29 is 13.2 Å². The van der Waals surface area contributed by atoms with Crippen LogP contribution in [0.5, 0.6) is 0 Å².